The van der Waals surface area contributed by atoms with Gasteiger partial charge in [-0.1, -0.05) is 0 Å². The molecule has 1 fully saturated rings. The first-order chi connectivity index (χ1) is 6.29. The molecule has 14 heavy (non-hydrogen) atoms. The maximum Gasteiger partial charge on any atom is 0.264 e. The van der Waals surface area contributed by atoms with E-state index in [4.69, 9.17) is 4.55 Å². The van der Waals surface area contributed by atoms with Gasteiger partial charge in [-0.15, -0.1) is 0 Å². The minimum atomic E-state index is -3.94. The molecule has 1 rings (SSSR count). The van der Waals surface area contributed by atoms with Gasteiger partial charge in [-0.3, -0.25) is 4.55 Å². The summed E-state index contributed by atoms with van der Waals surface area (Å²) >= 11 is 0. The van der Waals surface area contributed by atoms with Crippen molar-refractivity contribution in [2.75, 3.05) is 5.75 Å². The van der Waals surface area contributed by atoms with Crippen LogP contribution in [0, 0.1) is 5.92 Å². The van der Waals surface area contributed by atoms with Gasteiger partial charge in [-0.2, -0.15) is 8.42 Å². The molecule has 0 amide bonds. The van der Waals surface area contributed by atoms with Gasteiger partial charge in [-0.25, -0.2) is 8.78 Å². The van der Waals surface area contributed by atoms with Crippen LogP contribution in [0.4, 0.5) is 8.78 Å². The monoisotopic (exact) mass is 228 g/mol. The quantitative estimate of drug-likeness (QED) is 0.752. The Labute approximate surface area is 82.2 Å². The van der Waals surface area contributed by atoms with Gasteiger partial charge in [0.1, 0.15) is 0 Å². The molecule has 0 spiro atoms. The fourth-order valence-corrected chi connectivity index (χ4v) is 2.34. The molecule has 84 valence electrons. The van der Waals surface area contributed by atoms with Crippen LogP contribution in [0.3, 0.4) is 0 Å². The Bertz CT molecular complexity index is 277. The van der Waals surface area contributed by atoms with Crippen molar-refractivity contribution < 1.29 is 21.8 Å². The van der Waals surface area contributed by atoms with Crippen LogP contribution in [0.2, 0.25) is 0 Å². The van der Waals surface area contributed by atoms with E-state index in [2.05, 4.69) is 0 Å². The largest absolute Gasteiger partial charge is 0.286 e. The molecule has 0 radical (unpaired) electrons. The molecule has 3 nitrogen and oxygen atoms in total. The summed E-state index contributed by atoms with van der Waals surface area (Å²) in [6, 6.07) is 0. The molecule has 1 aliphatic rings. The Morgan fingerprint density at radius 2 is 1.79 bits per heavy atom. The summed E-state index contributed by atoms with van der Waals surface area (Å²) in [6.45, 7) is 0. The second-order valence-electron chi connectivity index (χ2n) is 3.87. The van der Waals surface area contributed by atoms with E-state index in [-0.39, 0.29) is 30.9 Å². The molecule has 0 saturated heterocycles. The Morgan fingerprint density at radius 1 is 1.29 bits per heavy atom. The van der Waals surface area contributed by atoms with E-state index >= 15 is 0 Å². The smallest absolute Gasteiger partial charge is 0.264 e. The van der Waals surface area contributed by atoms with Crippen molar-refractivity contribution in [2.24, 2.45) is 5.92 Å². The molecule has 1 aliphatic carbocycles. The Kier molecular flexibility index (Phi) is 3.47. The van der Waals surface area contributed by atoms with Gasteiger partial charge in [0.2, 0.25) is 5.92 Å². The fraction of sp³-hybridized carbons (Fsp3) is 1.00. The summed E-state index contributed by atoms with van der Waals surface area (Å²) < 4.78 is 54.7. The zero-order chi connectivity index (χ0) is 10.8. The SMILES string of the molecule is O=S(=O)(O)CCC1CCC(F)(F)CC1. The molecule has 0 heterocycles. The van der Waals surface area contributed by atoms with E-state index < -0.39 is 16.0 Å². The van der Waals surface area contributed by atoms with Crippen molar-refractivity contribution in [3.05, 3.63) is 0 Å². The van der Waals surface area contributed by atoms with Gasteiger partial charge in [-0.05, 0) is 25.2 Å². The standard InChI is InChI=1S/C8H14F2O3S/c9-8(10)4-1-7(2-5-8)3-6-14(11,12)13/h7H,1-6H2,(H,11,12,13). The third kappa shape index (κ3) is 4.32. The second kappa shape index (κ2) is 4.10. The maximum atomic E-state index is 12.7. The molecular formula is C8H14F2O3S. The number of halogens is 2. The van der Waals surface area contributed by atoms with Crippen molar-refractivity contribution in [1.82, 2.24) is 0 Å². The number of hydrogen-bond donors (Lipinski definition) is 1. The van der Waals surface area contributed by atoms with Gasteiger partial charge in [0, 0.05) is 12.8 Å². The summed E-state index contributed by atoms with van der Waals surface area (Å²) in [4.78, 5) is 0. The lowest BCUT2D eigenvalue weighted by Crippen LogP contribution is -2.25. The highest BCUT2D eigenvalue weighted by molar-refractivity contribution is 7.85. The molecule has 0 aromatic rings. The Morgan fingerprint density at radius 3 is 2.21 bits per heavy atom. The molecule has 0 aromatic heterocycles. The topological polar surface area (TPSA) is 54.4 Å². The zero-order valence-corrected chi connectivity index (χ0v) is 8.56. The first-order valence-corrected chi connectivity index (χ1v) is 6.22. The van der Waals surface area contributed by atoms with Crippen LogP contribution in [0.15, 0.2) is 0 Å². The van der Waals surface area contributed by atoms with Gasteiger partial charge in [0.15, 0.2) is 0 Å². The van der Waals surface area contributed by atoms with Gasteiger partial charge in [0.05, 0.1) is 5.75 Å². The van der Waals surface area contributed by atoms with Gasteiger partial charge >= 0.3 is 0 Å². The first-order valence-electron chi connectivity index (χ1n) is 4.61. The lowest BCUT2D eigenvalue weighted by atomic mass is 9.85. The molecule has 1 N–H and O–H groups in total. The first kappa shape index (κ1) is 11.8. The van der Waals surface area contributed by atoms with E-state index in [0.717, 1.165) is 0 Å². The lowest BCUT2D eigenvalue weighted by molar-refractivity contribution is -0.0459. The lowest BCUT2D eigenvalue weighted by Gasteiger charge is -2.27. The summed E-state index contributed by atoms with van der Waals surface area (Å²) in [5.74, 6) is -2.88. The summed E-state index contributed by atoms with van der Waals surface area (Å²) in [6.07, 6.45) is 0.659. The molecule has 1 saturated carbocycles. The van der Waals surface area contributed by atoms with Crippen LogP contribution in [-0.2, 0) is 10.1 Å². The summed E-state index contributed by atoms with van der Waals surface area (Å²) in [7, 11) is -3.94. The summed E-state index contributed by atoms with van der Waals surface area (Å²) in [5.41, 5.74) is 0. The van der Waals surface area contributed by atoms with E-state index in [1.165, 1.54) is 0 Å². The van der Waals surface area contributed by atoms with Crippen LogP contribution in [-0.4, -0.2) is 24.6 Å². The highest BCUT2D eigenvalue weighted by Crippen LogP contribution is 2.37. The van der Waals surface area contributed by atoms with Crippen molar-refractivity contribution in [3.63, 3.8) is 0 Å². The summed E-state index contributed by atoms with van der Waals surface area (Å²) in [5, 5.41) is 0. The fourth-order valence-electron chi connectivity index (χ4n) is 1.70. The predicted octanol–water partition coefficient (Wildman–Crippen LogP) is 2.09. The van der Waals surface area contributed by atoms with Crippen LogP contribution in [0.5, 0.6) is 0 Å². The molecule has 0 aromatic carbocycles. The highest BCUT2D eigenvalue weighted by Gasteiger charge is 2.34. The molecule has 0 aliphatic heterocycles. The second-order valence-corrected chi connectivity index (χ2v) is 5.45. The molecule has 0 unspecified atom stereocenters. The van der Waals surface area contributed by atoms with Crippen LogP contribution in [0.25, 0.3) is 0 Å². The number of alkyl halides is 2. The van der Waals surface area contributed by atoms with E-state index in [9.17, 15) is 17.2 Å². The Hall–Kier alpha value is -0.230. The molecular weight excluding hydrogens is 214 g/mol. The van der Waals surface area contributed by atoms with Crippen molar-refractivity contribution in [1.29, 1.82) is 0 Å². The highest BCUT2D eigenvalue weighted by atomic mass is 32.2. The van der Waals surface area contributed by atoms with Crippen molar-refractivity contribution >= 4 is 10.1 Å². The third-order valence-electron chi connectivity index (χ3n) is 2.62. The predicted molar refractivity (Wildman–Crippen MR) is 47.9 cm³/mol. The zero-order valence-electron chi connectivity index (χ0n) is 7.75. The average molecular weight is 228 g/mol. The average Bonchev–Trinajstić information content (AvgIpc) is 2.01. The van der Waals surface area contributed by atoms with Crippen LogP contribution in [0.1, 0.15) is 32.1 Å². The number of rotatable bonds is 3. The molecule has 6 heteroatoms. The van der Waals surface area contributed by atoms with E-state index in [1.807, 2.05) is 0 Å². The molecule has 0 bridgehead atoms. The normalized spacial score (nSPS) is 23.6. The minimum Gasteiger partial charge on any atom is -0.286 e. The van der Waals surface area contributed by atoms with Crippen LogP contribution >= 0.6 is 0 Å². The Balaban J connectivity index is 2.30. The molecule has 0 atom stereocenters. The maximum absolute atomic E-state index is 12.7. The van der Waals surface area contributed by atoms with Crippen LogP contribution < -0.4 is 0 Å². The van der Waals surface area contributed by atoms with E-state index in [1.54, 1.807) is 0 Å². The van der Waals surface area contributed by atoms with Gasteiger partial charge in [0.25, 0.3) is 10.1 Å². The van der Waals surface area contributed by atoms with Crippen molar-refractivity contribution in [2.45, 2.75) is 38.0 Å². The van der Waals surface area contributed by atoms with E-state index in [0.29, 0.717) is 12.8 Å². The third-order valence-corrected chi connectivity index (χ3v) is 3.37. The van der Waals surface area contributed by atoms with Crippen molar-refractivity contribution in [3.8, 4) is 0 Å². The minimum absolute atomic E-state index is 0.0107. The number of hydrogen-bond acceptors (Lipinski definition) is 2. The van der Waals surface area contributed by atoms with Gasteiger partial charge < -0.3 is 0 Å².